The summed E-state index contributed by atoms with van der Waals surface area (Å²) in [7, 11) is 0. The molecule has 3 nitrogen and oxygen atoms in total. The number of hydrogen-bond donors (Lipinski definition) is 0. The van der Waals surface area contributed by atoms with Gasteiger partial charge in [-0.3, -0.25) is 0 Å². The molecule has 11 aromatic rings. The number of furan rings is 2. The van der Waals surface area contributed by atoms with Crippen LogP contribution in [0.4, 0.5) is 17.1 Å². The van der Waals surface area contributed by atoms with E-state index in [0.29, 0.717) is 0 Å². The zero-order valence-electron chi connectivity index (χ0n) is 28.7. The van der Waals surface area contributed by atoms with Crippen LogP contribution in [-0.2, 0) is 0 Å². The number of fused-ring (bicyclic) bond motifs is 9. The van der Waals surface area contributed by atoms with Gasteiger partial charge < -0.3 is 13.7 Å². The van der Waals surface area contributed by atoms with Gasteiger partial charge in [-0.1, -0.05) is 146 Å². The molecule has 0 fully saturated rings. The minimum absolute atomic E-state index is 0.867. The molecule has 0 saturated carbocycles. The summed E-state index contributed by atoms with van der Waals surface area (Å²) in [5, 5.41) is 9.23. The number of hydrogen-bond acceptors (Lipinski definition) is 3. The minimum atomic E-state index is 0.867. The molecule has 3 heteroatoms. The molecule has 0 bridgehead atoms. The molecular formula is C50H31NO2. The van der Waals surface area contributed by atoms with E-state index in [1.807, 2.05) is 24.3 Å². The maximum absolute atomic E-state index is 6.55. The van der Waals surface area contributed by atoms with Crippen LogP contribution in [-0.4, -0.2) is 0 Å². The van der Waals surface area contributed by atoms with Crippen molar-refractivity contribution in [3.63, 3.8) is 0 Å². The normalized spacial score (nSPS) is 11.8. The van der Waals surface area contributed by atoms with Crippen molar-refractivity contribution in [2.45, 2.75) is 0 Å². The summed E-state index contributed by atoms with van der Waals surface area (Å²) in [6.45, 7) is 0. The molecule has 0 N–H and O–H groups in total. The van der Waals surface area contributed by atoms with Gasteiger partial charge >= 0.3 is 0 Å². The van der Waals surface area contributed by atoms with E-state index < -0.39 is 0 Å². The van der Waals surface area contributed by atoms with Crippen molar-refractivity contribution < 1.29 is 8.83 Å². The standard InChI is InChI=1S/C50H31NO2/c1-2-14-32(15-3-1)48-41-22-6-4-18-37(41)38-19-5-7-23-42(38)49(48)51(35-28-29-47-44(31-35)40-21-9-10-26-45(40)52-47)34-17-12-16-33(30-34)36-24-13-25-43-39-20-8-11-27-46(39)53-50(36)43/h1-31H. The highest BCUT2D eigenvalue weighted by Crippen LogP contribution is 2.50. The molecule has 0 spiro atoms. The zero-order chi connectivity index (χ0) is 34.9. The van der Waals surface area contributed by atoms with E-state index in [1.165, 1.54) is 27.1 Å². The van der Waals surface area contributed by atoms with Crippen LogP contribution in [0.5, 0.6) is 0 Å². The highest BCUT2D eigenvalue weighted by molar-refractivity contribution is 6.23. The maximum Gasteiger partial charge on any atom is 0.143 e. The molecule has 0 amide bonds. The summed E-state index contributed by atoms with van der Waals surface area (Å²) < 4.78 is 12.9. The van der Waals surface area contributed by atoms with E-state index in [4.69, 9.17) is 8.83 Å². The maximum atomic E-state index is 6.55. The van der Waals surface area contributed by atoms with Gasteiger partial charge in [-0.2, -0.15) is 0 Å². The fourth-order valence-corrected chi connectivity index (χ4v) is 8.30. The second-order valence-electron chi connectivity index (χ2n) is 13.6. The number of rotatable bonds is 5. The van der Waals surface area contributed by atoms with Crippen LogP contribution in [0.15, 0.2) is 197 Å². The van der Waals surface area contributed by atoms with Crippen LogP contribution < -0.4 is 4.90 Å². The van der Waals surface area contributed by atoms with Gasteiger partial charge in [0.05, 0.1) is 5.69 Å². The first-order chi connectivity index (χ1) is 26.3. The van der Waals surface area contributed by atoms with Gasteiger partial charge in [-0.25, -0.2) is 0 Å². The molecule has 2 aromatic heterocycles. The van der Waals surface area contributed by atoms with Crippen LogP contribution in [0.2, 0.25) is 0 Å². The molecule has 0 saturated heterocycles. The Morgan fingerprint density at radius 1 is 0.321 bits per heavy atom. The summed E-state index contributed by atoms with van der Waals surface area (Å²) in [5.41, 5.74) is 11.2. The predicted octanol–water partition coefficient (Wildman–Crippen LogP) is 14.6. The monoisotopic (exact) mass is 677 g/mol. The lowest BCUT2D eigenvalue weighted by molar-refractivity contribution is 0.669. The van der Waals surface area contributed by atoms with Crippen molar-refractivity contribution in [1.82, 2.24) is 0 Å². The van der Waals surface area contributed by atoms with Gasteiger partial charge in [-0.15, -0.1) is 0 Å². The van der Waals surface area contributed by atoms with Gasteiger partial charge in [0.15, 0.2) is 0 Å². The average Bonchev–Trinajstić information content (AvgIpc) is 3.80. The van der Waals surface area contributed by atoms with Crippen LogP contribution in [0, 0.1) is 0 Å². The Bertz CT molecular complexity index is 3190. The second kappa shape index (κ2) is 11.7. The Hall–Kier alpha value is -7.10. The molecule has 0 aliphatic rings. The molecule has 2 heterocycles. The third-order valence-corrected chi connectivity index (χ3v) is 10.6. The molecule has 0 aliphatic carbocycles. The van der Waals surface area contributed by atoms with Gasteiger partial charge in [0.2, 0.25) is 0 Å². The summed E-state index contributed by atoms with van der Waals surface area (Å²) in [6, 6.07) is 66.9. The molecule has 9 aromatic carbocycles. The third-order valence-electron chi connectivity index (χ3n) is 10.6. The van der Waals surface area contributed by atoms with E-state index in [0.717, 1.165) is 77.6 Å². The smallest absolute Gasteiger partial charge is 0.143 e. The molecule has 0 atom stereocenters. The molecule has 0 aliphatic heterocycles. The van der Waals surface area contributed by atoms with E-state index in [2.05, 4.69) is 169 Å². The molecule has 11 rings (SSSR count). The number of anilines is 3. The topological polar surface area (TPSA) is 29.5 Å². The first-order valence-corrected chi connectivity index (χ1v) is 18.0. The molecular weight excluding hydrogens is 647 g/mol. The Morgan fingerprint density at radius 2 is 0.868 bits per heavy atom. The van der Waals surface area contributed by atoms with Crippen molar-refractivity contribution in [1.29, 1.82) is 0 Å². The zero-order valence-corrected chi connectivity index (χ0v) is 28.7. The lowest BCUT2D eigenvalue weighted by Gasteiger charge is -2.31. The van der Waals surface area contributed by atoms with E-state index in [1.54, 1.807) is 0 Å². The SMILES string of the molecule is c1ccc(-c2c(N(c3cccc(-c4cccc5c4oc4ccccc45)c3)c3ccc4oc5ccccc5c4c3)c3ccccc3c3ccccc23)cc1. The van der Waals surface area contributed by atoms with Crippen LogP contribution >= 0.6 is 0 Å². The minimum Gasteiger partial charge on any atom is -0.456 e. The number of nitrogens with zero attached hydrogens (tertiary/aromatic N) is 1. The average molecular weight is 678 g/mol. The molecule has 53 heavy (non-hydrogen) atoms. The highest BCUT2D eigenvalue weighted by Gasteiger charge is 2.25. The third kappa shape index (κ3) is 4.61. The summed E-state index contributed by atoms with van der Waals surface area (Å²) in [6.07, 6.45) is 0. The van der Waals surface area contributed by atoms with Crippen molar-refractivity contribution in [2.24, 2.45) is 0 Å². The number of para-hydroxylation sites is 3. The molecule has 248 valence electrons. The number of benzene rings is 9. The van der Waals surface area contributed by atoms with Crippen molar-refractivity contribution >= 4 is 82.5 Å². The Balaban J connectivity index is 1.25. The Labute approximate surface area is 305 Å². The fourth-order valence-electron chi connectivity index (χ4n) is 8.30. The largest absolute Gasteiger partial charge is 0.456 e. The van der Waals surface area contributed by atoms with Crippen LogP contribution in [0.25, 0.3) is 87.7 Å². The fraction of sp³-hybridized carbons (Fsp3) is 0. The summed E-state index contributed by atoms with van der Waals surface area (Å²) >= 11 is 0. The summed E-state index contributed by atoms with van der Waals surface area (Å²) in [4.78, 5) is 2.45. The first kappa shape index (κ1) is 29.6. The Morgan fingerprint density at radius 3 is 1.66 bits per heavy atom. The molecule has 0 radical (unpaired) electrons. The van der Waals surface area contributed by atoms with E-state index in [-0.39, 0.29) is 0 Å². The Kier molecular flexibility index (Phi) is 6.55. The predicted molar refractivity (Wildman–Crippen MR) is 222 cm³/mol. The van der Waals surface area contributed by atoms with Crippen LogP contribution in [0.3, 0.4) is 0 Å². The van der Waals surface area contributed by atoms with Crippen molar-refractivity contribution in [3.8, 4) is 22.3 Å². The van der Waals surface area contributed by atoms with Gasteiger partial charge in [-0.05, 0) is 69.8 Å². The van der Waals surface area contributed by atoms with Gasteiger partial charge in [0, 0.05) is 49.4 Å². The lowest BCUT2D eigenvalue weighted by Crippen LogP contribution is -2.12. The highest BCUT2D eigenvalue weighted by atomic mass is 16.3. The molecule has 0 unspecified atom stereocenters. The quantitative estimate of drug-likeness (QED) is 0.170. The van der Waals surface area contributed by atoms with Crippen molar-refractivity contribution in [3.05, 3.63) is 188 Å². The van der Waals surface area contributed by atoms with Crippen molar-refractivity contribution in [2.75, 3.05) is 4.90 Å². The van der Waals surface area contributed by atoms with Crippen LogP contribution in [0.1, 0.15) is 0 Å². The second-order valence-corrected chi connectivity index (χ2v) is 13.6. The van der Waals surface area contributed by atoms with Gasteiger partial charge in [0.1, 0.15) is 22.3 Å². The summed E-state index contributed by atoms with van der Waals surface area (Å²) in [5.74, 6) is 0. The van der Waals surface area contributed by atoms with E-state index in [9.17, 15) is 0 Å². The lowest BCUT2D eigenvalue weighted by atomic mass is 9.90. The van der Waals surface area contributed by atoms with E-state index >= 15 is 0 Å². The van der Waals surface area contributed by atoms with Gasteiger partial charge in [0.25, 0.3) is 0 Å². The first-order valence-electron chi connectivity index (χ1n) is 18.0.